The molecule has 0 N–H and O–H groups in total. The minimum absolute atomic E-state index is 0.0102. The summed E-state index contributed by atoms with van der Waals surface area (Å²) in [7, 11) is 0. The molecule has 0 unspecified atom stereocenters. The van der Waals surface area contributed by atoms with E-state index in [0.717, 1.165) is 73.4 Å². The monoisotopic (exact) mass is 656 g/mol. The molecule has 248 valence electrons. The number of ether oxygens (including phenoxy) is 1. The van der Waals surface area contributed by atoms with Crippen molar-refractivity contribution in [3.05, 3.63) is 127 Å². The van der Waals surface area contributed by atoms with Gasteiger partial charge in [0.1, 0.15) is 28.5 Å². The van der Waals surface area contributed by atoms with Gasteiger partial charge in [0.05, 0.1) is 29.1 Å². The summed E-state index contributed by atoms with van der Waals surface area (Å²) in [6, 6.07) is 40.4. The number of para-hydroxylation sites is 3. The second-order valence-corrected chi connectivity index (χ2v) is 15.4. The lowest BCUT2D eigenvalue weighted by Gasteiger charge is -2.34. The molecule has 0 spiro atoms. The highest BCUT2D eigenvalue weighted by Crippen LogP contribution is 2.45. The summed E-state index contributed by atoms with van der Waals surface area (Å²) in [4.78, 5) is 9.74. The van der Waals surface area contributed by atoms with Gasteiger partial charge < -0.3 is 19.0 Å². The van der Waals surface area contributed by atoms with Crippen molar-refractivity contribution in [2.45, 2.75) is 52.5 Å². The Morgan fingerprint density at radius 1 is 0.620 bits per heavy atom. The predicted octanol–water partition coefficient (Wildman–Crippen LogP) is 11.9. The molecule has 1 aliphatic rings. The molecule has 5 aromatic carbocycles. The highest BCUT2D eigenvalue weighted by Gasteiger charge is 2.33. The van der Waals surface area contributed by atoms with E-state index in [1.807, 2.05) is 24.4 Å². The molecule has 8 aromatic rings. The first-order valence-electron chi connectivity index (χ1n) is 17.3. The lowest BCUT2D eigenvalue weighted by Crippen LogP contribution is -2.42. The Morgan fingerprint density at radius 2 is 1.38 bits per heavy atom. The Hall–Kier alpha value is -5.75. The zero-order valence-corrected chi connectivity index (χ0v) is 29.4. The van der Waals surface area contributed by atoms with E-state index in [1.54, 1.807) is 0 Å². The fraction of sp³-hybridized carbons (Fsp3) is 0.205. The van der Waals surface area contributed by atoms with E-state index >= 15 is 0 Å². The first-order valence-corrected chi connectivity index (χ1v) is 17.3. The number of hydrogen-bond donors (Lipinski definition) is 0. The second-order valence-electron chi connectivity index (χ2n) is 15.4. The highest BCUT2D eigenvalue weighted by atomic mass is 16.5. The zero-order valence-electron chi connectivity index (χ0n) is 29.4. The molecular formula is C44H40N4O2. The molecule has 0 radical (unpaired) electrons. The highest BCUT2D eigenvalue weighted by molar-refractivity contribution is 6.17. The van der Waals surface area contributed by atoms with E-state index in [2.05, 4.69) is 153 Å². The van der Waals surface area contributed by atoms with Gasteiger partial charge in [0.15, 0.2) is 0 Å². The molecule has 6 heteroatoms. The summed E-state index contributed by atoms with van der Waals surface area (Å²) in [5.41, 5.74) is 8.60. The Morgan fingerprint density at radius 3 is 2.20 bits per heavy atom. The SMILES string of the molecule is CC(C)(C)c1ccnc(-n2c3cc(Oc4cccc(N5CN(C(C)(C)C)c6ccccc65)c4)ccc3c3cc4oc5ccccc5c4cc32)c1. The molecule has 6 nitrogen and oxygen atoms in total. The van der Waals surface area contributed by atoms with Gasteiger partial charge >= 0.3 is 0 Å². The molecule has 9 rings (SSSR count). The molecule has 0 fully saturated rings. The summed E-state index contributed by atoms with van der Waals surface area (Å²) >= 11 is 0. The van der Waals surface area contributed by atoms with Crippen LogP contribution in [0.5, 0.6) is 11.5 Å². The fourth-order valence-corrected chi connectivity index (χ4v) is 7.39. The molecule has 0 saturated carbocycles. The molecule has 4 heterocycles. The smallest absolute Gasteiger partial charge is 0.137 e. The molecule has 0 saturated heterocycles. The largest absolute Gasteiger partial charge is 0.457 e. The number of fused-ring (bicyclic) bond motifs is 7. The van der Waals surface area contributed by atoms with Crippen LogP contribution in [0.2, 0.25) is 0 Å². The van der Waals surface area contributed by atoms with Gasteiger partial charge in [-0.05, 0) is 98.5 Å². The summed E-state index contributed by atoms with van der Waals surface area (Å²) in [5.74, 6) is 2.42. The maximum atomic E-state index is 6.66. The number of aromatic nitrogens is 2. The summed E-state index contributed by atoms with van der Waals surface area (Å²) in [5, 5.41) is 4.42. The Bertz CT molecular complexity index is 2600. The quantitative estimate of drug-likeness (QED) is 0.189. The number of benzene rings is 5. The molecule has 3 aromatic heterocycles. The third-order valence-corrected chi connectivity index (χ3v) is 10.00. The molecule has 0 amide bonds. The lowest BCUT2D eigenvalue weighted by atomic mass is 9.88. The lowest BCUT2D eigenvalue weighted by molar-refractivity contribution is 0.483. The standard InChI is InChI=1S/C44H40N4O2/c1-43(2,3)28-20-21-45-42(22-28)48-38-24-31(18-19-32(38)34-26-41-35(25-39(34)48)33-14-7-10-17-40(33)50-41)49-30-13-11-12-29(23-30)46-27-47(44(4,5)6)37-16-9-8-15-36(37)46/h7-26H,27H2,1-6H3. The van der Waals surface area contributed by atoms with Gasteiger partial charge in [-0.1, -0.05) is 57.2 Å². The van der Waals surface area contributed by atoms with Gasteiger partial charge in [-0.3, -0.25) is 4.57 Å². The topological polar surface area (TPSA) is 46.7 Å². The first-order chi connectivity index (χ1) is 24.0. The fourth-order valence-electron chi connectivity index (χ4n) is 7.39. The van der Waals surface area contributed by atoms with Crippen LogP contribution in [0.25, 0.3) is 49.6 Å². The summed E-state index contributed by atoms with van der Waals surface area (Å²) in [6.07, 6.45) is 1.92. The van der Waals surface area contributed by atoms with Gasteiger partial charge in [0.2, 0.25) is 0 Å². The predicted molar refractivity (Wildman–Crippen MR) is 207 cm³/mol. The third-order valence-electron chi connectivity index (χ3n) is 10.00. The number of nitrogens with zero attached hydrogens (tertiary/aromatic N) is 4. The van der Waals surface area contributed by atoms with E-state index in [4.69, 9.17) is 14.1 Å². The van der Waals surface area contributed by atoms with Crippen LogP contribution in [-0.2, 0) is 5.41 Å². The van der Waals surface area contributed by atoms with E-state index < -0.39 is 0 Å². The zero-order chi connectivity index (χ0) is 34.4. The average Bonchev–Trinajstić information content (AvgIpc) is 3.76. The number of rotatable bonds is 4. The van der Waals surface area contributed by atoms with Crippen molar-refractivity contribution in [1.29, 1.82) is 0 Å². The van der Waals surface area contributed by atoms with Gasteiger partial charge in [0, 0.05) is 51.1 Å². The van der Waals surface area contributed by atoms with Crippen LogP contribution in [0.3, 0.4) is 0 Å². The van der Waals surface area contributed by atoms with Crippen LogP contribution < -0.4 is 14.5 Å². The molecule has 0 atom stereocenters. The number of anilines is 3. The van der Waals surface area contributed by atoms with E-state index in [-0.39, 0.29) is 11.0 Å². The Balaban J connectivity index is 1.17. The molecule has 1 aliphatic heterocycles. The normalized spacial score (nSPS) is 13.6. The third kappa shape index (κ3) is 4.89. The van der Waals surface area contributed by atoms with Crippen LogP contribution in [0, 0.1) is 0 Å². The molecule has 0 bridgehead atoms. The Kier molecular flexibility index (Phi) is 6.60. The van der Waals surface area contributed by atoms with Crippen molar-refractivity contribution >= 4 is 60.8 Å². The minimum Gasteiger partial charge on any atom is -0.457 e. The van der Waals surface area contributed by atoms with E-state index in [9.17, 15) is 0 Å². The average molecular weight is 657 g/mol. The van der Waals surface area contributed by atoms with Crippen molar-refractivity contribution in [2.24, 2.45) is 0 Å². The summed E-state index contributed by atoms with van der Waals surface area (Å²) in [6.45, 7) is 14.3. The Labute approximate surface area is 292 Å². The van der Waals surface area contributed by atoms with Crippen molar-refractivity contribution in [3.63, 3.8) is 0 Å². The maximum Gasteiger partial charge on any atom is 0.137 e. The molecular weight excluding hydrogens is 617 g/mol. The molecule has 50 heavy (non-hydrogen) atoms. The van der Waals surface area contributed by atoms with Crippen molar-refractivity contribution in [2.75, 3.05) is 16.5 Å². The van der Waals surface area contributed by atoms with Crippen LogP contribution in [0.1, 0.15) is 47.1 Å². The van der Waals surface area contributed by atoms with Crippen molar-refractivity contribution < 1.29 is 9.15 Å². The van der Waals surface area contributed by atoms with Gasteiger partial charge in [-0.15, -0.1) is 0 Å². The van der Waals surface area contributed by atoms with Crippen LogP contribution >= 0.6 is 0 Å². The first kappa shape index (κ1) is 30.3. The second kappa shape index (κ2) is 10.9. The number of pyridine rings is 1. The number of furan rings is 1. The van der Waals surface area contributed by atoms with Crippen molar-refractivity contribution in [3.8, 4) is 17.3 Å². The minimum atomic E-state index is -0.0243. The van der Waals surface area contributed by atoms with Gasteiger partial charge in [0.25, 0.3) is 0 Å². The van der Waals surface area contributed by atoms with Gasteiger partial charge in [-0.25, -0.2) is 4.98 Å². The number of hydrogen-bond acceptors (Lipinski definition) is 5. The van der Waals surface area contributed by atoms with E-state index in [0.29, 0.717) is 0 Å². The summed E-state index contributed by atoms with van der Waals surface area (Å²) < 4.78 is 15.3. The van der Waals surface area contributed by atoms with Crippen LogP contribution in [-0.4, -0.2) is 21.8 Å². The maximum absolute atomic E-state index is 6.66. The van der Waals surface area contributed by atoms with E-state index in [1.165, 1.54) is 16.9 Å². The van der Waals surface area contributed by atoms with Crippen LogP contribution in [0.15, 0.2) is 126 Å². The molecule has 0 aliphatic carbocycles. The van der Waals surface area contributed by atoms with Crippen molar-refractivity contribution in [1.82, 2.24) is 9.55 Å². The van der Waals surface area contributed by atoms with Crippen LogP contribution in [0.4, 0.5) is 17.1 Å². The van der Waals surface area contributed by atoms with Gasteiger partial charge in [-0.2, -0.15) is 0 Å².